The van der Waals surface area contributed by atoms with Crippen molar-refractivity contribution in [1.29, 1.82) is 0 Å². The largest absolute Gasteiger partial charge is 0.482 e. The van der Waals surface area contributed by atoms with E-state index < -0.39 is 24.7 Å². The minimum absolute atomic E-state index is 0.0749. The standard InChI is InChI=1S/C23H26N2O5/c26-21(27)15-29-19-8-4-7-18(13-19)22(17-5-2-1-3-6-17)24-23(28)30-20-14-25-11-9-16(20)10-12-25/h1-8,13,16,20,22H,9-12,14-15H2,(H,24,28)(H,26,27)/t20?,22-/m0/s1. The molecule has 2 aromatic rings. The molecule has 0 aliphatic carbocycles. The van der Waals surface area contributed by atoms with Gasteiger partial charge >= 0.3 is 12.1 Å². The van der Waals surface area contributed by atoms with Crippen LogP contribution in [-0.4, -0.2) is 54.4 Å². The zero-order valence-electron chi connectivity index (χ0n) is 16.7. The molecule has 3 fully saturated rings. The number of alkyl carbamates (subject to hydrolysis) is 1. The molecule has 3 aliphatic heterocycles. The van der Waals surface area contributed by atoms with Gasteiger partial charge < -0.3 is 19.9 Å². The molecule has 30 heavy (non-hydrogen) atoms. The first kappa shape index (κ1) is 20.2. The summed E-state index contributed by atoms with van der Waals surface area (Å²) >= 11 is 0. The fourth-order valence-corrected chi connectivity index (χ4v) is 4.27. The zero-order valence-corrected chi connectivity index (χ0v) is 16.7. The maximum absolute atomic E-state index is 12.8. The van der Waals surface area contributed by atoms with Crippen LogP contribution in [0.5, 0.6) is 5.75 Å². The van der Waals surface area contributed by atoms with E-state index in [0.717, 1.165) is 43.6 Å². The third-order valence-corrected chi connectivity index (χ3v) is 5.80. The highest BCUT2D eigenvalue weighted by atomic mass is 16.6. The molecule has 0 radical (unpaired) electrons. The molecule has 2 atom stereocenters. The number of carbonyl (C=O) groups is 2. The second-order valence-corrected chi connectivity index (χ2v) is 7.82. The SMILES string of the molecule is O=C(O)COc1cccc([C@@H](NC(=O)OC2CN3CCC2CC3)c2ccccc2)c1. The Labute approximate surface area is 175 Å². The number of nitrogens with zero attached hydrogens (tertiary/aromatic N) is 1. The average Bonchev–Trinajstić information content (AvgIpc) is 2.78. The van der Waals surface area contributed by atoms with Crippen LogP contribution in [0.15, 0.2) is 54.6 Å². The predicted octanol–water partition coefficient (Wildman–Crippen LogP) is 3.06. The molecule has 3 aliphatic rings. The first-order valence-electron chi connectivity index (χ1n) is 10.3. The second kappa shape index (κ2) is 9.17. The van der Waals surface area contributed by atoms with Gasteiger partial charge in [0.25, 0.3) is 0 Å². The molecule has 3 heterocycles. The fourth-order valence-electron chi connectivity index (χ4n) is 4.27. The number of benzene rings is 2. The summed E-state index contributed by atoms with van der Waals surface area (Å²) in [5.74, 6) is -0.175. The van der Waals surface area contributed by atoms with Gasteiger partial charge in [-0.15, -0.1) is 0 Å². The number of hydrogen-bond acceptors (Lipinski definition) is 5. The van der Waals surface area contributed by atoms with Gasteiger partial charge in [0.2, 0.25) is 0 Å². The maximum atomic E-state index is 12.8. The van der Waals surface area contributed by atoms with Crippen molar-refractivity contribution in [2.75, 3.05) is 26.2 Å². The molecule has 7 nitrogen and oxygen atoms in total. The molecular formula is C23H26N2O5. The minimum Gasteiger partial charge on any atom is -0.482 e. The molecule has 2 N–H and O–H groups in total. The van der Waals surface area contributed by atoms with Crippen molar-refractivity contribution in [3.8, 4) is 5.75 Å². The molecule has 2 bridgehead atoms. The topological polar surface area (TPSA) is 88.1 Å². The van der Waals surface area contributed by atoms with Crippen molar-refractivity contribution in [1.82, 2.24) is 10.2 Å². The Kier molecular flexibility index (Phi) is 6.18. The van der Waals surface area contributed by atoms with E-state index in [1.165, 1.54) is 0 Å². The number of ether oxygens (including phenoxy) is 2. The summed E-state index contributed by atoms with van der Waals surface area (Å²) in [6.07, 6.45) is 1.63. The highest BCUT2D eigenvalue weighted by Crippen LogP contribution is 2.30. The van der Waals surface area contributed by atoms with Gasteiger partial charge in [-0.25, -0.2) is 9.59 Å². The minimum atomic E-state index is -1.04. The van der Waals surface area contributed by atoms with E-state index in [4.69, 9.17) is 14.6 Å². The van der Waals surface area contributed by atoms with E-state index in [1.807, 2.05) is 36.4 Å². The second-order valence-electron chi connectivity index (χ2n) is 7.82. The predicted molar refractivity (Wildman–Crippen MR) is 110 cm³/mol. The van der Waals surface area contributed by atoms with E-state index in [9.17, 15) is 9.59 Å². The van der Waals surface area contributed by atoms with Crippen molar-refractivity contribution < 1.29 is 24.2 Å². The lowest BCUT2D eigenvalue weighted by atomic mass is 9.86. The lowest BCUT2D eigenvalue weighted by Gasteiger charge is -2.43. The third-order valence-electron chi connectivity index (χ3n) is 5.80. The van der Waals surface area contributed by atoms with Crippen molar-refractivity contribution >= 4 is 12.1 Å². The Morgan fingerprint density at radius 1 is 1.07 bits per heavy atom. The van der Waals surface area contributed by atoms with Crippen LogP contribution in [-0.2, 0) is 9.53 Å². The van der Waals surface area contributed by atoms with Gasteiger partial charge in [-0.05, 0) is 55.1 Å². The molecule has 5 rings (SSSR count). The van der Waals surface area contributed by atoms with Crippen molar-refractivity contribution in [2.24, 2.45) is 5.92 Å². The first-order valence-corrected chi connectivity index (χ1v) is 10.3. The zero-order chi connectivity index (χ0) is 20.9. The summed E-state index contributed by atoms with van der Waals surface area (Å²) in [5, 5.41) is 11.8. The summed E-state index contributed by atoms with van der Waals surface area (Å²) in [7, 11) is 0. The molecule has 1 amide bonds. The van der Waals surface area contributed by atoms with E-state index in [1.54, 1.807) is 18.2 Å². The molecule has 0 saturated carbocycles. The highest BCUT2D eigenvalue weighted by molar-refractivity contribution is 5.69. The van der Waals surface area contributed by atoms with Crippen LogP contribution in [0.4, 0.5) is 4.79 Å². The number of amides is 1. The Bertz CT molecular complexity index is 880. The number of aliphatic carboxylic acids is 1. The highest BCUT2D eigenvalue weighted by Gasteiger charge is 2.36. The van der Waals surface area contributed by atoms with Gasteiger partial charge in [-0.1, -0.05) is 42.5 Å². The van der Waals surface area contributed by atoms with Crippen LogP contribution in [0, 0.1) is 5.92 Å². The summed E-state index contributed by atoms with van der Waals surface area (Å²) in [6, 6.07) is 16.3. The van der Waals surface area contributed by atoms with E-state index in [-0.39, 0.29) is 6.10 Å². The molecule has 7 heteroatoms. The van der Waals surface area contributed by atoms with E-state index in [2.05, 4.69) is 10.2 Å². The van der Waals surface area contributed by atoms with Crippen LogP contribution < -0.4 is 10.1 Å². The van der Waals surface area contributed by atoms with E-state index >= 15 is 0 Å². The van der Waals surface area contributed by atoms with E-state index in [0.29, 0.717) is 11.7 Å². The van der Waals surface area contributed by atoms with Crippen LogP contribution >= 0.6 is 0 Å². The Balaban J connectivity index is 1.50. The smallest absolute Gasteiger partial charge is 0.408 e. The summed E-state index contributed by atoms with van der Waals surface area (Å²) in [5.41, 5.74) is 1.69. The van der Waals surface area contributed by atoms with Crippen molar-refractivity contribution in [2.45, 2.75) is 25.0 Å². The van der Waals surface area contributed by atoms with Gasteiger partial charge in [0.05, 0.1) is 6.04 Å². The van der Waals surface area contributed by atoms with Crippen LogP contribution in [0.2, 0.25) is 0 Å². The number of carboxylic acid groups (broad SMARTS) is 1. The lowest BCUT2D eigenvalue weighted by molar-refractivity contribution is -0.139. The van der Waals surface area contributed by atoms with Crippen LogP contribution in [0.1, 0.15) is 30.0 Å². The summed E-state index contributed by atoms with van der Waals surface area (Å²) < 4.78 is 11.1. The number of hydrogen-bond donors (Lipinski definition) is 2. The summed E-state index contributed by atoms with van der Waals surface area (Å²) in [4.78, 5) is 25.9. The van der Waals surface area contributed by atoms with Gasteiger partial charge in [0.15, 0.2) is 6.61 Å². The monoisotopic (exact) mass is 410 g/mol. The van der Waals surface area contributed by atoms with Crippen molar-refractivity contribution in [3.05, 3.63) is 65.7 Å². The summed E-state index contributed by atoms with van der Waals surface area (Å²) in [6.45, 7) is 2.55. The number of fused-ring (bicyclic) bond motifs is 3. The molecule has 3 saturated heterocycles. The molecule has 0 spiro atoms. The number of piperidine rings is 3. The van der Waals surface area contributed by atoms with Crippen molar-refractivity contribution in [3.63, 3.8) is 0 Å². The molecule has 158 valence electrons. The Morgan fingerprint density at radius 3 is 2.47 bits per heavy atom. The molecule has 0 aromatic heterocycles. The lowest BCUT2D eigenvalue weighted by Crippen LogP contribution is -2.52. The maximum Gasteiger partial charge on any atom is 0.408 e. The molecule has 1 unspecified atom stereocenters. The number of nitrogens with one attached hydrogen (secondary N) is 1. The van der Waals surface area contributed by atoms with Crippen LogP contribution in [0.3, 0.4) is 0 Å². The molecule has 2 aromatic carbocycles. The van der Waals surface area contributed by atoms with Crippen LogP contribution in [0.25, 0.3) is 0 Å². The molecular weight excluding hydrogens is 384 g/mol. The van der Waals surface area contributed by atoms with Gasteiger partial charge in [-0.3, -0.25) is 4.90 Å². The first-order chi connectivity index (χ1) is 14.6. The number of carbonyl (C=O) groups excluding carboxylic acids is 1. The third kappa shape index (κ3) is 4.91. The Hall–Kier alpha value is -3.06. The van der Waals surface area contributed by atoms with Gasteiger partial charge in [0, 0.05) is 6.54 Å². The average molecular weight is 410 g/mol. The Morgan fingerprint density at radius 2 is 1.80 bits per heavy atom. The normalized spacial score (nSPS) is 23.4. The quantitative estimate of drug-likeness (QED) is 0.729. The number of rotatable bonds is 7. The number of carboxylic acids is 1. The fraction of sp³-hybridized carbons (Fsp3) is 0.391. The van der Waals surface area contributed by atoms with Gasteiger partial charge in [0.1, 0.15) is 11.9 Å². The van der Waals surface area contributed by atoms with Gasteiger partial charge in [-0.2, -0.15) is 0 Å².